The quantitative estimate of drug-likeness (QED) is 0.463. The van der Waals surface area contributed by atoms with Gasteiger partial charge in [-0.15, -0.1) is 0 Å². The zero-order chi connectivity index (χ0) is 15.8. The Balaban J connectivity index is 2.94. The van der Waals surface area contributed by atoms with E-state index in [9.17, 15) is 15.2 Å². The van der Waals surface area contributed by atoms with Gasteiger partial charge in [0.25, 0.3) is 5.69 Å². The molecule has 0 saturated carbocycles. The highest BCUT2D eigenvalue weighted by Crippen LogP contribution is 2.21. The molecule has 112 valence electrons. The summed E-state index contributed by atoms with van der Waals surface area (Å²) < 4.78 is 4.86. The summed E-state index contributed by atoms with van der Waals surface area (Å²) in [5, 5.41) is 29.3. The smallest absolute Gasteiger partial charge is 0.269 e. The number of rotatable bonds is 7. The Morgan fingerprint density at radius 1 is 1.57 bits per heavy atom. The maximum atomic E-state index is 10.6. The van der Waals surface area contributed by atoms with Gasteiger partial charge in [0.1, 0.15) is 0 Å². The molecule has 0 spiro atoms. The van der Waals surface area contributed by atoms with Gasteiger partial charge >= 0.3 is 0 Å². The van der Waals surface area contributed by atoms with Crippen LogP contribution in [0.5, 0.6) is 0 Å². The van der Waals surface area contributed by atoms with Crippen LogP contribution < -0.4 is 0 Å². The number of nitro groups is 1. The zero-order valence-electron chi connectivity index (χ0n) is 11.9. The van der Waals surface area contributed by atoms with Crippen LogP contribution in [-0.2, 0) is 4.74 Å². The highest BCUT2D eigenvalue weighted by atomic mass is 16.6. The molecule has 0 saturated heterocycles. The summed E-state index contributed by atoms with van der Waals surface area (Å²) in [6.07, 6.45) is 0.640. The molecule has 1 unspecified atom stereocenters. The predicted octanol–water partition coefficient (Wildman–Crippen LogP) is 1.40. The highest BCUT2D eigenvalue weighted by Gasteiger charge is 2.14. The molecule has 21 heavy (non-hydrogen) atoms. The standard InChI is InChI=1S/C14H17N3O4/c1-16(9-13(18)10-21-2)14(7-8-15)11-3-5-12(6-4-11)17(19)20/h3-7,13,18H,9-10H2,1-2H3/b14-7+. The van der Waals surface area contributed by atoms with Crippen LogP contribution in [0.25, 0.3) is 5.70 Å². The third-order valence-corrected chi connectivity index (χ3v) is 2.83. The first kappa shape index (κ1) is 16.6. The second-order valence-corrected chi connectivity index (χ2v) is 4.45. The normalized spacial score (nSPS) is 12.6. The number of aliphatic hydroxyl groups is 1. The van der Waals surface area contributed by atoms with E-state index in [1.165, 1.54) is 25.3 Å². The molecule has 1 atom stereocenters. The van der Waals surface area contributed by atoms with Crippen molar-refractivity contribution in [2.75, 3.05) is 27.3 Å². The van der Waals surface area contributed by atoms with E-state index >= 15 is 0 Å². The summed E-state index contributed by atoms with van der Waals surface area (Å²) in [4.78, 5) is 11.9. The lowest BCUT2D eigenvalue weighted by Crippen LogP contribution is -2.31. The first-order valence-corrected chi connectivity index (χ1v) is 6.22. The van der Waals surface area contributed by atoms with Crippen molar-refractivity contribution < 1.29 is 14.8 Å². The molecular weight excluding hydrogens is 274 g/mol. The molecule has 0 aliphatic heterocycles. The van der Waals surface area contributed by atoms with Gasteiger partial charge < -0.3 is 14.7 Å². The van der Waals surface area contributed by atoms with Crippen molar-refractivity contribution >= 4 is 11.4 Å². The molecule has 7 heteroatoms. The zero-order valence-corrected chi connectivity index (χ0v) is 11.9. The van der Waals surface area contributed by atoms with E-state index in [0.29, 0.717) is 11.3 Å². The van der Waals surface area contributed by atoms with E-state index in [-0.39, 0.29) is 18.8 Å². The van der Waals surface area contributed by atoms with E-state index in [0.717, 1.165) is 0 Å². The van der Waals surface area contributed by atoms with Gasteiger partial charge in [-0.05, 0) is 17.7 Å². The van der Waals surface area contributed by atoms with Crippen LogP contribution in [0.1, 0.15) is 5.56 Å². The number of likely N-dealkylation sites (N-methyl/N-ethyl adjacent to an activating group) is 1. The van der Waals surface area contributed by atoms with Crippen molar-refractivity contribution in [1.29, 1.82) is 5.26 Å². The molecule has 1 aromatic carbocycles. The number of hydrogen-bond donors (Lipinski definition) is 1. The summed E-state index contributed by atoms with van der Waals surface area (Å²) in [5.74, 6) is 0. The first-order chi connectivity index (χ1) is 9.99. The maximum Gasteiger partial charge on any atom is 0.269 e. The SMILES string of the molecule is COCC(O)CN(C)/C(=C/C#N)c1ccc([N+](=O)[O-])cc1. The molecule has 0 fully saturated rings. The molecule has 1 N–H and O–H groups in total. The molecule has 0 aromatic heterocycles. The topological polar surface area (TPSA) is 99.6 Å². The van der Waals surface area contributed by atoms with E-state index in [1.54, 1.807) is 24.1 Å². The number of allylic oxidation sites excluding steroid dienone is 1. The van der Waals surface area contributed by atoms with E-state index in [4.69, 9.17) is 10.00 Å². The fourth-order valence-electron chi connectivity index (χ4n) is 1.89. The van der Waals surface area contributed by atoms with Gasteiger partial charge in [-0.25, -0.2) is 0 Å². The van der Waals surface area contributed by atoms with Gasteiger partial charge in [0.05, 0.1) is 29.4 Å². The van der Waals surface area contributed by atoms with Crippen molar-refractivity contribution in [2.24, 2.45) is 0 Å². The minimum absolute atomic E-state index is 0.0165. The number of hydrogen-bond acceptors (Lipinski definition) is 6. The van der Waals surface area contributed by atoms with Crippen molar-refractivity contribution in [3.05, 3.63) is 46.0 Å². The Morgan fingerprint density at radius 2 is 2.19 bits per heavy atom. The molecule has 0 bridgehead atoms. The average molecular weight is 291 g/mol. The second kappa shape index (κ2) is 7.99. The minimum Gasteiger partial charge on any atom is -0.389 e. The molecule has 0 radical (unpaired) electrons. The molecule has 1 aromatic rings. The van der Waals surface area contributed by atoms with Crippen molar-refractivity contribution in [3.8, 4) is 6.07 Å². The number of aliphatic hydroxyl groups excluding tert-OH is 1. The molecule has 7 nitrogen and oxygen atoms in total. The average Bonchev–Trinajstić information content (AvgIpc) is 2.45. The number of nitrogens with zero attached hydrogens (tertiary/aromatic N) is 3. The van der Waals surface area contributed by atoms with Crippen molar-refractivity contribution in [1.82, 2.24) is 4.90 Å². The van der Waals surface area contributed by atoms with Crippen LogP contribution in [-0.4, -0.2) is 48.3 Å². The van der Waals surface area contributed by atoms with Gasteiger partial charge in [-0.2, -0.15) is 5.26 Å². The lowest BCUT2D eigenvalue weighted by Gasteiger charge is -2.24. The van der Waals surface area contributed by atoms with Gasteiger partial charge in [0, 0.05) is 38.9 Å². The van der Waals surface area contributed by atoms with Crippen molar-refractivity contribution in [3.63, 3.8) is 0 Å². The Morgan fingerprint density at radius 3 is 2.67 bits per heavy atom. The number of benzene rings is 1. The third kappa shape index (κ3) is 4.87. The lowest BCUT2D eigenvalue weighted by atomic mass is 10.1. The molecular formula is C14H17N3O4. The van der Waals surface area contributed by atoms with Gasteiger partial charge in [-0.3, -0.25) is 10.1 Å². The Hall–Kier alpha value is -2.43. The van der Waals surface area contributed by atoms with Gasteiger partial charge in [-0.1, -0.05) is 0 Å². The molecule has 0 heterocycles. The lowest BCUT2D eigenvalue weighted by molar-refractivity contribution is -0.384. The maximum absolute atomic E-state index is 10.6. The summed E-state index contributed by atoms with van der Waals surface area (Å²) in [6.45, 7) is 0.461. The van der Waals surface area contributed by atoms with Crippen LogP contribution in [0.15, 0.2) is 30.3 Å². The first-order valence-electron chi connectivity index (χ1n) is 6.22. The summed E-state index contributed by atoms with van der Waals surface area (Å²) in [6, 6.07) is 7.83. The summed E-state index contributed by atoms with van der Waals surface area (Å²) >= 11 is 0. The van der Waals surface area contributed by atoms with Crippen LogP contribution in [0.3, 0.4) is 0 Å². The van der Waals surface area contributed by atoms with Crippen LogP contribution in [0.4, 0.5) is 5.69 Å². The number of methoxy groups -OCH3 is 1. The van der Waals surface area contributed by atoms with E-state index < -0.39 is 11.0 Å². The number of non-ortho nitro benzene ring substituents is 1. The Kier molecular flexibility index (Phi) is 6.33. The minimum atomic E-state index is -0.694. The van der Waals surface area contributed by atoms with Gasteiger partial charge in [0.2, 0.25) is 0 Å². The fraction of sp³-hybridized carbons (Fsp3) is 0.357. The molecule has 0 aliphatic rings. The van der Waals surface area contributed by atoms with Gasteiger partial charge in [0.15, 0.2) is 0 Å². The fourth-order valence-corrected chi connectivity index (χ4v) is 1.89. The van der Waals surface area contributed by atoms with E-state index in [2.05, 4.69) is 0 Å². The van der Waals surface area contributed by atoms with Crippen LogP contribution >= 0.6 is 0 Å². The second-order valence-electron chi connectivity index (χ2n) is 4.45. The van der Waals surface area contributed by atoms with E-state index in [1.807, 2.05) is 6.07 Å². The largest absolute Gasteiger partial charge is 0.389 e. The number of ether oxygens (including phenoxy) is 1. The highest BCUT2D eigenvalue weighted by molar-refractivity contribution is 5.67. The Labute approximate surface area is 122 Å². The number of nitro benzene ring substituents is 1. The number of nitriles is 1. The van der Waals surface area contributed by atoms with Crippen LogP contribution in [0.2, 0.25) is 0 Å². The third-order valence-electron chi connectivity index (χ3n) is 2.83. The molecule has 0 amide bonds. The van der Waals surface area contributed by atoms with Crippen molar-refractivity contribution in [2.45, 2.75) is 6.10 Å². The monoisotopic (exact) mass is 291 g/mol. The summed E-state index contributed by atoms with van der Waals surface area (Å²) in [5.41, 5.74) is 1.22. The molecule has 0 aliphatic carbocycles. The Bertz CT molecular complexity index is 548. The molecule has 1 rings (SSSR count). The summed E-state index contributed by atoms with van der Waals surface area (Å²) in [7, 11) is 3.22. The van der Waals surface area contributed by atoms with Crippen LogP contribution in [0, 0.1) is 21.4 Å². The predicted molar refractivity (Wildman–Crippen MR) is 77.2 cm³/mol.